The maximum absolute atomic E-state index is 14.1. The number of carboxylic acid groups (broad SMARTS) is 3. The van der Waals surface area contributed by atoms with Crippen LogP contribution in [0.5, 0.6) is 0 Å². The Kier molecular flexibility index (Phi) is 37.4. The van der Waals surface area contributed by atoms with Crippen molar-refractivity contribution in [1.29, 1.82) is 0 Å². The van der Waals surface area contributed by atoms with Gasteiger partial charge in [-0.1, -0.05) is 13.8 Å². The van der Waals surface area contributed by atoms with Crippen molar-refractivity contribution in [2.24, 2.45) is 33.5 Å². The first-order valence-corrected chi connectivity index (χ1v) is 27.0. The first kappa shape index (κ1) is 91.9. The summed E-state index contributed by atoms with van der Waals surface area (Å²) in [6, 6.07) is 0. The largest absolute Gasteiger partial charge is 0.481 e. The quantitative estimate of drug-likeness (QED) is 0.0211. The number of carbonyl (C=O) groups is 10. The first-order valence-electron chi connectivity index (χ1n) is 27.0. The van der Waals surface area contributed by atoms with Gasteiger partial charge in [0, 0.05) is 67.7 Å². The van der Waals surface area contributed by atoms with Crippen LogP contribution >= 0.6 is 0 Å². The van der Waals surface area contributed by atoms with Gasteiger partial charge in [0.15, 0.2) is 13.2 Å². The predicted octanol–water partition coefficient (Wildman–Crippen LogP) is 8.94. The maximum Gasteiger partial charge on any atom is 0.381 e. The van der Waals surface area contributed by atoms with Crippen molar-refractivity contribution in [3.63, 3.8) is 0 Å². The van der Waals surface area contributed by atoms with E-state index in [9.17, 15) is 109 Å². The Bertz CT molecular complexity index is 2390. The molecule has 4 N–H and O–H groups in total. The van der Waals surface area contributed by atoms with E-state index in [0.717, 1.165) is 46.4 Å². The number of hydrogen-bond donors (Lipinski definition) is 4. The number of hydrogen-bond acceptors (Lipinski definition) is 17. The molecule has 6 unspecified atom stereocenters. The third kappa shape index (κ3) is 30.1. The van der Waals surface area contributed by atoms with Crippen LogP contribution in [0, 0.1) is 33.5 Å². The number of aliphatic carboxylic acids is 3. The normalized spacial score (nSPS) is 15.9. The molecule has 0 aromatic rings. The minimum absolute atomic E-state index is 0.0714. The Balaban J connectivity index is -0.000000715. The van der Waals surface area contributed by atoms with E-state index in [-0.39, 0.29) is 25.6 Å². The molecular weight excluding hydrogens is 1300 g/mol. The average molecular weight is 1380 g/mol. The Morgan fingerprint density at radius 3 is 1.00 bits per heavy atom. The molecule has 22 nitrogen and oxygen atoms in total. The minimum atomic E-state index is -6.62. The fourth-order valence-corrected chi connectivity index (χ4v) is 7.94. The van der Waals surface area contributed by atoms with E-state index in [4.69, 9.17) is 43.9 Å². The smallest absolute Gasteiger partial charge is 0.381 e. The lowest BCUT2D eigenvalue weighted by Gasteiger charge is -2.37. The van der Waals surface area contributed by atoms with Crippen molar-refractivity contribution in [3.8, 4) is 0 Å². The van der Waals surface area contributed by atoms with E-state index in [1.54, 1.807) is 6.92 Å². The highest BCUT2D eigenvalue weighted by Crippen LogP contribution is 2.51. The number of carboxylic acids is 3. The molecule has 0 aliphatic carbocycles. The Labute approximate surface area is 519 Å². The molecular formula is C54H82F16N2O20. The number of ether oxygens (including phenoxy) is 6. The monoisotopic (exact) mass is 1380 g/mol. The number of aliphatic hydroxyl groups excluding tert-OH is 1. The van der Waals surface area contributed by atoms with Crippen LogP contribution in [0.4, 0.5) is 70.2 Å². The summed E-state index contributed by atoms with van der Waals surface area (Å²) in [4.78, 5) is 117. The van der Waals surface area contributed by atoms with Gasteiger partial charge in [-0.25, -0.2) is 17.6 Å². The summed E-state index contributed by atoms with van der Waals surface area (Å²) in [5.74, 6) is -49.3. The lowest BCUT2D eigenvalue weighted by atomic mass is 9.69. The molecule has 540 valence electrons. The number of epoxide rings is 1. The lowest BCUT2D eigenvalue weighted by Crippen LogP contribution is -2.59. The minimum Gasteiger partial charge on any atom is -0.481 e. The fraction of sp³-hybridized carbons (Fsp3) is 0.815. The second-order valence-electron chi connectivity index (χ2n) is 23.0. The van der Waals surface area contributed by atoms with Gasteiger partial charge >= 0.3 is 78.2 Å². The van der Waals surface area contributed by atoms with Crippen LogP contribution in [0.2, 0.25) is 0 Å². The van der Waals surface area contributed by atoms with E-state index in [2.05, 4.69) is 14.2 Å². The van der Waals surface area contributed by atoms with Gasteiger partial charge in [-0.3, -0.25) is 47.9 Å². The molecule has 6 atom stereocenters. The van der Waals surface area contributed by atoms with Crippen LogP contribution in [0.1, 0.15) is 122 Å². The van der Waals surface area contributed by atoms with Crippen molar-refractivity contribution >= 4 is 59.6 Å². The molecule has 1 rings (SSSR count). The Hall–Kier alpha value is -6.50. The lowest BCUT2D eigenvalue weighted by molar-refractivity contribution is -0.344. The molecule has 1 aliphatic heterocycles. The Morgan fingerprint density at radius 1 is 0.489 bits per heavy atom. The van der Waals surface area contributed by atoms with E-state index in [0.29, 0.717) is 6.61 Å². The fourth-order valence-electron chi connectivity index (χ4n) is 7.94. The molecule has 0 bridgehead atoms. The molecule has 0 radical (unpaired) electrons. The van der Waals surface area contributed by atoms with E-state index in [1.807, 2.05) is 0 Å². The second kappa shape index (κ2) is 37.4. The van der Waals surface area contributed by atoms with Gasteiger partial charge in [-0.05, 0) is 80.1 Å². The number of halogens is 16. The molecule has 0 aromatic heterocycles. The third-order valence-electron chi connectivity index (χ3n) is 12.5. The van der Waals surface area contributed by atoms with Gasteiger partial charge in [0.1, 0.15) is 32.0 Å². The van der Waals surface area contributed by atoms with Gasteiger partial charge in [0.25, 0.3) is 17.9 Å². The average Bonchev–Trinajstić information content (AvgIpc) is 0.969. The highest BCUT2D eigenvalue weighted by atomic mass is 19.4. The van der Waals surface area contributed by atoms with Crippen LogP contribution in [-0.2, 0) is 76.4 Å². The number of aliphatic hydroxyl groups is 1. The highest BCUT2D eigenvalue weighted by Gasteiger charge is 2.77. The third-order valence-corrected chi connectivity index (χ3v) is 12.5. The molecule has 38 heteroatoms. The standard InChI is InChI=1S/C25H37F8NO8.C23H33F8NO6.3C2H4O2/c1-8-15(17(37)34(6)7)9-22(5,12-21(3,4)19(38)41-11-16(36)10-40-14(2)35)20(39)42-13-23(28,29)25(32,33)24(30,31)18(26)27;1-7-13(15(33)32(5)6)8-20(4,11-19(2,3)17(34)37-10-14-9-36-14)18(35)38-12-21(26,27)23(30,31)22(28,29)16(24)25;3*1-2(3)4/h15-16,18,36H,8-13H2,1-7H3;13-14,16H,7-12H2,1-6H3;3*1H3,(H,3,4). The number of amides is 2. The zero-order chi connectivity index (χ0) is 74.1. The van der Waals surface area contributed by atoms with E-state index >= 15 is 0 Å². The van der Waals surface area contributed by atoms with E-state index < -0.39 is 200 Å². The zero-order valence-electron chi connectivity index (χ0n) is 53.2. The van der Waals surface area contributed by atoms with Crippen LogP contribution in [-0.4, -0.2) is 218 Å². The molecule has 1 aliphatic rings. The molecule has 1 saturated heterocycles. The topological polar surface area (TPSA) is 317 Å². The van der Waals surface area contributed by atoms with E-state index in [1.165, 1.54) is 67.7 Å². The summed E-state index contributed by atoms with van der Waals surface area (Å²) in [5.41, 5.74) is -7.27. The number of nitrogens with zero attached hydrogens (tertiary/aromatic N) is 2. The molecule has 0 spiro atoms. The van der Waals surface area contributed by atoms with Crippen molar-refractivity contribution in [2.45, 2.75) is 182 Å². The zero-order valence-corrected chi connectivity index (χ0v) is 53.2. The summed E-state index contributed by atoms with van der Waals surface area (Å²) < 4.78 is 242. The number of esters is 5. The molecule has 1 heterocycles. The van der Waals surface area contributed by atoms with Crippen LogP contribution < -0.4 is 0 Å². The Morgan fingerprint density at radius 2 is 0.761 bits per heavy atom. The number of alkyl halides is 16. The van der Waals surface area contributed by atoms with Gasteiger partial charge in [0.05, 0.1) is 28.3 Å². The van der Waals surface area contributed by atoms with Crippen molar-refractivity contribution in [2.75, 3.05) is 67.8 Å². The first-order chi connectivity index (χ1) is 41.0. The summed E-state index contributed by atoms with van der Waals surface area (Å²) in [5, 5.41) is 32.0. The van der Waals surface area contributed by atoms with Gasteiger partial charge in [-0.2, -0.15) is 52.7 Å². The SMILES string of the molecule is CC(=O)O.CC(=O)O.CC(=O)O.CCC(CC(C)(CC(C)(C)C(=O)OCC(O)COC(C)=O)C(=O)OCC(F)(F)C(F)(F)C(F)(F)C(F)F)C(=O)N(C)C.CCC(CC(C)(CC(C)(C)C(=O)OCC1CO1)C(=O)OCC(F)(F)C(F)(F)C(F)(F)C(F)F)C(=O)N(C)C. The molecule has 0 saturated carbocycles. The van der Waals surface area contributed by atoms with Crippen molar-refractivity contribution in [1.82, 2.24) is 9.80 Å². The molecule has 2 amide bonds. The van der Waals surface area contributed by atoms with Gasteiger partial charge in [-0.15, -0.1) is 0 Å². The maximum atomic E-state index is 14.1. The summed E-state index contributed by atoms with van der Waals surface area (Å²) in [6.07, 6.45) is -13.9. The van der Waals surface area contributed by atoms with Crippen LogP contribution in [0.3, 0.4) is 0 Å². The van der Waals surface area contributed by atoms with Crippen LogP contribution in [0.25, 0.3) is 0 Å². The molecule has 1 fully saturated rings. The number of carbonyl (C=O) groups excluding carboxylic acids is 7. The van der Waals surface area contributed by atoms with Crippen molar-refractivity contribution < 1.29 is 167 Å². The predicted molar refractivity (Wildman–Crippen MR) is 285 cm³/mol. The van der Waals surface area contributed by atoms with Crippen LogP contribution in [0.15, 0.2) is 0 Å². The second-order valence-corrected chi connectivity index (χ2v) is 23.0. The van der Waals surface area contributed by atoms with Gasteiger partial charge in [0.2, 0.25) is 11.8 Å². The summed E-state index contributed by atoms with van der Waals surface area (Å²) in [6.45, 7) is 8.43. The summed E-state index contributed by atoms with van der Waals surface area (Å²) >= 11 is 0. The van der Waals surface area contributed by atoms with Crippen molar-refractivity contribution in [3.05, 3.63) is 0 Å². The van der Waals surface area contributed by atoms with Gasteiger partial charge < -0.3 is 58.6 Å². The molecule has 92 heavy (non-hydrogen) atoms. The highest BCUT2D eigenvalue weighted by molar-refractivity contribution is 5.84. The molecule has 0 aromatic carbocycles. The number of rotatable bonds is 32. The summed E-state index contributed by atoms with van der Waals surface area (Å²) in [7, 11) is 5.56.